The third-order valence-corrected chi connectivity index (χ3v) is 4.47. The minimum atomic E-state index is -0.158. The van der Waals surface area contributed by atoms with Gasteiger partial charge in [-0.3, -0.25) is 0 Å². The molecule has 1 aromatic carbocycles. The van der Waals surface area contributed by atoms with Crippen molar-refractivity contribution in [3.8, 4) is 11.6 Å². The molecule has 150 valence electrons. The molecule has 1 fully saturated rings. The van der Waals surface area contributed by atoms with E-state index in [1.165, 1.54) is 0 Å². The molecular weight excluding hydrogens is 358 g/mol. The van der Waals surface area contributed by atoms with E-state index in [2.05, 4.69) is 15.5 Å². The third-order valence-electron chi connectivity index (χ3n) is 4.47. The Labute approximate surface area is 165 Å². The second-order valence-electron chi connectivity index (χ2n) is 6.81. The fourth-order valence-corrected chi connectivity index (χ4v) is 3.05. The SMILES string of the molecule is CCOc1ccccc1NC(=O)N1CCCC(Oc2ccc(N(C)C)nn2)C1. The number of rotatable bonds is 6. The minimum absolute atomic E-state index is 0.110. The molecule has 8 nitrogen and oxygen atoms in total. The van der Waals surface area contributed by atoms with Crippen LogP contribution < -0.4 is 19.7 Å². The van der Waals surface area contributed by atoms with Crippen LogP contribution >= 0.6 is 0 Å². The highest BCUT2D eigenvalue weighted by Gasteiger charge is 2.26. The van der Waals surface area contributed by atoms with E-state index in [0.29, 0.717) is 37.0 Å². The number of amides is 2. The Morgan fingerprint density at radius 2 is 2.07 bits per heavy atom. The van der Waals surface area contributed by atoms with Crippen molar-refractivity contribution in [2.24, 2.45) is 0 Å². The van der Waals surface area contributed by atoms with Crippen molar-refractivity contribution >= 4 is 17.5 Å². The number of likely N-dealkylation sites (tertiary alicyclic amines) is 1. The van der Waals surface area contributed by atoms with Crippen molar-refractivity contribution in [3.05, 3.63) is 36.4 Å². The van der Waals surface area contributed by atoms with Gasteiger partial charge in [-0.25, -0.2) is 4.79 Å². The zero-order chi connectivity index (χ0) is 19.9. The van der Waals surface area contributed by atoms with Crippen LogP contribution in [-0.4, -0.2) is 61.0 Å². The zero-order valence-electron chi connectivity index (χ0n) is 16.6. The van der Waals surface area contributed by atoms with Crippen LogP contribution in [0.3, 0.4) is 0 Å². The molecule has 0 aliphatic carbocycles. The van der Waals surface area contributed by atoms with Gasteiger partial charge in [0.25, 0.3) is 0 Å². The van der Waals surface area contributed by atoms with E-state index < -0.39 is 0 Å². The van der Waals surface area contributed by atoms with Crippen LogP contribution in [0.1, 0.15) is 19.8 Å². The van der Waals surface area contributed by atoms with Crippen LogP contribution in [0.5, 0.6) is 11.6 Å². The maximum Gasteiger partial charge on any atom is 0.322 e. The van der Waals surface area contributed by atoms with Gasteiger partial charge < -0.3 is 24.6 Å². The van der Waals surface area contributed by atoms with Gasteiger partial charge in [0.05, 0.1) is 18.8 Å². The summed E-state index contributed by atoms with van der Waals surface area (Å²) in [6.07, 6.45) is 1.63. The van der Waals surface area contributed by atoms with Crippen LogP contribution in [0.4, 0.5) is 16.3 Å². The number of benzene rings is 1. The molecule has 1 N–H and O–H groups in total. The molecule has 1 unspecified atom stereocenters. The maximum atomic E-state index is 12.7. The van der Waals surface area contributed by atoms with E-state index in [4.69, 9.17) is 9.47 Å². The van der Waals surface area contributed by atoms with Crippen molar-refractivity contribution in [1.82, 2.24) is 15.1 Å². The number of nitrogens with zero attached hydrogens (tertiary/aromatic N) is 4. The molecule has 0 saturated carbocycles. The number of nitrogens with one attached hydrogen (secondary N) is 1. The van der Waals surface area contributed by atoms with E-state index in [-0.39, 0.29) is 12.1 Å². The number of piperidine rings is 1. The molecule has 2 amide bonds. The molecule has 1 aliphatic rings. The molecule has 2 heterocycles. The van der Waals surface area contributed by atoms with Gasteiger partial charge in [0.1, 0.15) is 11.9 Å². The summed E-state index contributed by atoms with van der Waals surface area (Å²) in [7, 11) is 3.82. The number of para-hydroxylation sites is 2. The molecule has 2 aromatic rings. The monoisotopic (exact) mass is 385 g/mol. The Balaban J connectivity index is 1.59. The Morgan fingerprint density at radius 1 is 1.25 bits per heavy atom. The number of hydrogen-bond acceptors (Lipinski definition) is 6. The van der Waals surface area contributed by atoms with Gasteiger partial charge in [0, 0.05) is 26.7 Å². The number of urea groups is 1. The molecule has 0 bridgehead atoms. The fraction of sp³-hybridized carbons (Fsp3) is 0.450. The molecule has 3 rings (SSSR count). The molecule has 0 radical (unpaired) electrons. The lowest BCUT2D eigenvalue weighted by atomic mass is 10.1. The lowest BCUT2D eigenvalue weighted by Crippen LogP contribution is -2.46. The first-order valence-electron chi connectivity index (χ1n) is 9.52. The largest absolute Gasteiger partial charge is 0.492 e. The fourth-order valence-electron chi connectivity index (χ4n) is 3.05. The zero-order valence-corrected chi connectivity index (χ0v) is 16.6. The summed E-state index contributed by atoms with van der Waals surface area (Å²) < 4.78 is 11.5. The van der Waals surface area contributed by atoms with Gasteiger partial charge >= 0.3 is 6.03 Å². The number of carbonyl (C=O) groups excluding carboxylic acids is 1. The first-order valence-corrected chi connectivity index (χ1v) is 9.52. The van der Waals surface area contributed by atoms with Gasteiger partial charge in [-0.05, 0) is 38.0 Å². The number of anilines is 2. The Bertz CT molecular complexity index is 782. The second kappa shape index (κ2) is 9.25. The predicted molar refractivity (Wildman–Crippen MR) is 108 cm³/mol. The maximum absolute atomic E-state index is 12.7. The number of carbonyl (C=O) groups is 1. The second-order valence-corrected chi connectivity index (χ2v) is 6.81. The quantitative estimate of drug-likeness (QED) is 0.823. The van der Waals surface area contributed by atoms with Crippen LogP contribution in [0.2, 0.25) is 0 Å². The topological polar surface area (TPSA) is 79.8 Å². The lowest BCUT2D eigenvalue weighted by Gasteiger charge is -2.32. The van der Waals surface area contributed by atoms with E-state index in [1.807, 2.05) is 56.3 Å². The highest BCUT2D eigenvalue weighted by molar-refractivity contribution is 5.91. The number of ether oxygens (including phenoxy) is 2. The van der Waals surface area contributed by atoms with Crippen molar-refractivity contribution in [2.75, 3.05) is 44.0 Å². The summed E-state index contributed by atoms with van der Waals surface area (Å²) in [5.74, 6) is 1.91. The van der Waals surface area contributed by atoms with E-state index in [0.717, 1.165) is 18.7 Å². The molecule has 0 spiro atoms. The molecule has 28 heavy (non-hydrogen) atoms. The average Bonchev–Trinajstić information content (AvgIpc) is 2.70. The van der Waals surface area contributed by atoms with Crippen molar-refractivity contribution in [2.45, 2.75) is 25.9 Å². The van der Waals surface area contributed by atoms with E-state index in [9.17, 15) is 4.79 Å². The summed E-state index contributed by atoms with van der Waals surface area (Å²) in [5, 5.41) is 11.2. The van der Waals surface area contributed by atoms with Crippen molar-refractivity contribution in [3.63, 3.8) is 0 Å². The van der Waals surface area contributed by atoms with Gasteiger partial charge in [0.15, 0.2) is 5.82 Å². The molecule has 1 atom stereocenters. The van der Waals surface area contributed by atoms with E-state index in [1.54, 1.807) is 11.0 Å². The third kappa shape index (κ3) is 5.03. The Kier molecular flexibility index (Phi) is 6.52. The summed E-state index contributed by atoms with van der Waals surface area (Å²) in [5.41, 5.74) is 0.669. The van der Waals surface area contributed by atoms with Gasteiger partial charge in [-0.15, -0.1) is 10.2 Å². The Morgan fingerprint density at radius 3 is 2.79 bits per heavy atom. The summed E-state index contributed by atoms with van der Waals surface area (Å²) in [6, 6.07) is 10.9. The first-order chi connectivity index (χ1) is 13.6. The highest BCUT2D eigenvalue weighted by atomic mass is 16.5. The van der Waals surface area contributed by atoms with Gasteiger partial charge in [-0.2, -0.15) is 0 Å². The minimum Gasteiger partial charge on any atom is -0.492 e. The standard InChI is InChI=1S/C20H27N5O3/c1-4-27-17-10-6-5-9-16(17)21-20(26)25-13-7-8-15(14-25)28-19-12-11-18(22-23-19)24(2)3/h5-6,9-12,15H,4,7-8,13-14H2,1-3H3,(H,21,26). The Hall–Kier alpha value is -3.03. The smallest absolute Gasteiger partial charge is 0.322 e. The lowest BCUT2D eigenvalue weighted by molar-refractivity contribution is 0.102. The molecule has 1 aliphatic heterocycles. The van der Waals surface area contributed by atoms with Crippen molar-refractivity contribution in [1.29, 1.82) is 0 Å². The van der Waals surface area contributed by atoms with Gasteiger partial charge in [0.2, 0.25) is 5.88 Å². The van der Waals surface area contributed by atoms with Crippen LogP contribution in [0, 0.1) is 0 Å². The average molecular weight is 385 g/mol. The molecular formula is C20H27N5O3. The van der Waals surface area contributed by atoms with Crippen LogP contribution in [0.25, 0.3) is 0 Å². The normalized spacial score (nSPS) is 16.4. The number of hydrogen-bond donors (Lipinski definition) is 1. The summed E-state index contributed by atoms with van der Waals surface area (Å²) >= 11 is 0. The van der Waals surface area contributed by atoms with Crippen molar-refractivity contribution < 1.29 is 14.3 Å². The first kappa shape index (κ1) is 19.7. The van der Waals surface area contributed by atoms with Crippen LogP contribution in [-0.2, 0) is 0 Å². The van der Waals surface area contributed by atoms with E-state index >= 15 is 0 Å². The highest BCUT2D eigenvalue weighted by Crippen LogP contribution is 2.25. The van der Waals surface area contributed by atoms with Crippen LogP contribution in [0.15, 0.2) is 36.4 Å². The summed E-state index contributed by atoms with van der Waals surface area (Å²) in [4.78, 5) is 16.4. The molecule has 1 saturated heterocycles. The predicted octanol–water partition coefficient (Wildman–Crippen LogP) is 3.02. The summed E-state index contributed by atoms with van der Waals surface area (Å²) in [6.45, 7) is 3.65. The molecule has 8 heteroatoms. The van der Waals surface area contributed by atoms with Gasteiger partial charge in [-0.1, -0.05) is 12.1 Å². The number of aromatic nitrogens is 2. The molecule has 1 aromatic heterocycles.